The summed E-state index contributed by atoms with van der Waals surface area (Å²) in [5.74, 6) is 0.713. The molecule has 0 amide bonds. The van der Waals surface area contributed by atoms with Crippen molar-refractivity contribution >= 4 is 15.7 Å². The van der Waals surface area contributed by atoms with Gasteiger partial charge >= 0.3 is 0 Å². The Balaban J connectivity index is 1.80. The Morgan fingerprint density at radius 1 is 0.920 bits per heavy atom. The highest BCUT2D eigenvalue weighted by molar-refractivity contribution is 7.89. The summed E-state index contributed by atoms with van der Waals surface area (Å²) in [5.41, 5.74) is 2.68. The van der Waals surface area contributed by atoms with E-state index in [1.165, 1.54) is 0 Å². The van der Waals surface area contributed by atoms with Crippen LogP contribution >= 0.6 is 0 Å². The van der Waals surface area contributed by atoms with Gasteiger partial charge < -0.3 is 9.64 Å². The molecule has 25 heavy (non-hydrogen) atoms. The third-order valence-corrected chi connectivity index (χ3v) is 6.71. The molecule has 3 rings (SSSR count). The Hall–Kier alpha value is -2.05. The molecule has 1 saturated heterocycles. The van der Waals surface area contributed by atoms with E-state index < -0.39 is 10.0 Å². The Bertz CT molecular complexity index is 842. The number of ether oxygens (including phenoxy) is 1. The van der Waals surface area contributed by atoms with Crippen molar-refractivity contribution in [2.45, 2.75) is 18.7 Å². The van der Waals surface area contributed by atoms with Crippen LogP contribution in [0.15, 0.2) is 47.4 Å². The smallest absolute Gasteiger partial charge is 0.243 e. The summed E-state index contributed by atoms with van der Waals surface area (Å²) >= 11 is 0. The van der Waals surface area contributed by atoms with Crippen molar-refractivity contribution in [1.29, 1.82) is 0 Å². The van der Waals surface area contributed by atoms with Crippen molar-refractivity contribution in [3.05, 3.63) is 53.6 Å². The molecule has 1 aliphatic heterocycles. The van der Waals surface area contributed by atoms with Crippen molar-refractivity contribution in [3.63, 3.8) is 0 Å². The van der Waals surface area contributed by atoms with Crippen LogP contribution in [0.5, 0.6) is 5.75 Å². The minimum Gasteiger partial charge on any atom is -0.496 e. The number of nitrogens with zero attached hydrogens (tertiary/aromatic N) is 2. The summed E-state index contributed by atoms with van der Waals surface area (Å²) in [7, 11) is -1.90. The number of para-hydroxylation sites is 1. The summed E-state index contributed by atoms with van der Waals surface area (Å²) in [5, 5.41) is 0. The number of benzene rings is 2. The van der Waals surface area contributed by atoms with Crippen LogP contribution in [0.2, 0.25) is 0 Å². The molecule has 5 nitrogen and oxygen atoms in total. The number of hydrogen-bond donors (Lipinski definition) is 0. The minimum absolute atomic E-state index is 0.374. The van der Waals surface area contributed by atoms with Gasteiger partial charge in [0, 0.05) is 31.9 Å². The van der Waals surface area contributed by atoms with Gasteiger partial charge in [0.25, 0.3) is 0 Å². The molecule has 0 aromatic heterocycles. The summed E-state index contributed by atoms with van der Waals surface area (Å²) in [6, 6.07) is 13.6. The zero-order valence-corrected chi connectivity index (χ0v) is 15.7. The summed E-state index contributed by atoms with van der Waals surface area (Å²) < 4.78 is 33.0. The van der Waals surface area contributed by atoms with Crippen LogP contribution < -0.4 is 9.64 Å². The van der Waals surface area contributed by atoms with E-state index in [1.807, 2.05) is 32.0 Å². The molecule has 1 aliphatic rings. The lowest BCUT2D eigenvalue weighted by molar-refractivity contribution is 0.384. The van der Waals surface area contributed by atoms with E-state index in [4.69, 9.17) is 4.74 Å². The van der Waals surface area contributed by atoms with Gasteiger partial charge in [-0.15, -0.1) is 0 Å². The highest BCUT2D eigenvalue weighted by Crippen LogP contribution is 2.28. The van der Waals surface area contributed by atoms with E-state index in [2.05, 4.69) is 17.0 Å². The first-order valence-corrected chi connectivity index (χ1v) is 9.83. The number of methoxy groups -OCH3 is 1. The molecule has 134 valence electrons. The monoisotopic (exact) mass is 360 g/mol. The zero-order valence-electron chi connectivity index (χ0n) is 14.9. The second-order valence-electron chi connectivity index (χ2n) is 6.31. The molecular weight excluding hydrogens is 336 g/mol. The van der Waals surface area contributed by atoms with Gasteiger partial charge in [-0.05, 0) is 49.2 Å². The molecule has 6 heteroatoms. The topological polar surface area (TPSA) is 49.9 Å². The van der Waals surface area contributed by atoms with Gasteiger partial charge in [0.1, 0.15) is 5.75 Å². The molecule has 0 spiro atoms. The second kappa shape index (κ2) is 7.06. The van der Waals surface area contributed by atoms with Crippen molar-refractivity contribution in [1.82, 2.24) is 4.31 Å². The van der Waals surface area contributed by atoms with E-state index in [0.717, 1.165) is 11.3 Å². The van der Waals surface area contributed by atoms with Gasteiger partial charge in [-0.1, -0.05) is 18.2 Å². The van der Waals surface area contributed by atoms with E-state index in [1.54, 1.807) is 23.5 Å². The molecule has 0 atom stereocenters. The van der Waals surface area contributed by atoms with Gasteiger partial charge in [-0.25, -0.2) is 8.42 Å². The highest BCUT2D eigenvalue weighted by Gasteiger charge is 2.30. The van der Waals surface area contributed by atoms with Gasteiger partial charge in [0.15, 0.2) is 0 Å². The third kappa shape index (κ3) is 3.50. The average molecular weight is 360 g/mol. The van der Waals surface area contributed by atoms with E-state index in [-0.39, 0.29) is 0 Å². The standard InChI is InChI=1S/C19H24N2O3S/c1-15-14-19(16(2)13-18(15)24-3)25(22,23)21-11-9-20(10-12-21)17-7-5-4-6-8-17/h4-8,13-14H,9-12H2,1-3H3. The molecule has 0 bridgehead atoms. The normalized spacial score (nSPS) is 16.0. The molecule has 2 aromatic rings. The van der Waals surface area contributed by atoms with Crippen molar-refractivity contribution in [3.8, 4) is 5.75 Å². The fourth-order valence-corrected chi connectivity index (χ4v) is 4.94. The fraction of sp³-hybridized carbons (Fsp3) is 0.368. The molecule has 1 fully saturated rings. The van der Waals surface area contributed by atoms with Gasteiger partial charge in [0.2, 0.25) is 10.0 Å². The molecule has 0 aliphatic carbocycles. The number of piperazine rings is 1. The molecule has 0 saturated carbocycles. The predicted molar refractivity (Wildman–Crippen MR) is 99.9 cm³/mol. The summed E-state index contributed by atoms with van der Waals surface area (Å²) in [6.45, 7) is 6.04. The number of rotatable bonds is 4. The van der Waals surface area contributed by atoms with E-state index in [0.29, 0.717) is 42.4 Å². The zero-order chi connectivity index (χ0) is 18.0. The van der Waals surface area contributed by atoms with Crippen LogP contribution in [0, 0.1) is 13.8 Å². The Kier molecular flexibility index (Phi) is 5.01. The largest absolute Gasteiger partial charge is 0.496 e. The highest BCUT2D eigenvalue weighted by atomic mass is 32.2. The second-order valence-corrected chi connectivity index (χ2v) is 8.22. The van der Waals surface area contributed by atoms with Gasteiger partial charge in [-0.3, -0.25) is 0 Å². The van der Waals surface area contributed by atoms with Gasteiger partial charge in [0.05, 0.1) is 12.0 Å². The maximum Gasteiger partial charge on any atom is 0.243 e. The average Bonchev–Trinajstić information content (AvgIpc) is 2.64. The first-order valence-electron chi connectivity index (χ1n) is 8.39. The predicted octanol–water partition coefficient (Wildman–Crippen LogP) is 2.82. The number of hydrogen-bond acceptors (Lipinski definition) is 4. The Morgan fingerprint density at radius 3 is 2.16 bits per heavy atom. The molecule has 1 heterocycles. The summed E-state index contributed by atoms with van der Waals surface area (Å²) in [4.78, 5) is 2.59. The molecule has 0 radical (unpaired) electrons. The third-order valence-electron chi connectivity index (χ3n) is 4.67. The maximum absolute atomic E-state index is 13.1. The minimum atomic E-state index is -3.49. The quantitative estimate of drug-likeness (QED) is 0.841. The van der Waals surface area contributed by atoms with Crippen LogP contribution in [0.25, 0.3) is 0 Å². The van der Waals surface area contributed by atoms with E-state index in [9.17, 15) is 8.42 Å². The Labute approximate surface area is 149 Å². The first-order chi connectivity index (χ1) is 11.9. The van der Waals surface area contributed by atoms with Crippen molar-refractivity contribution in [2.24, 2.45) is 0 Å². The van der Waals surface area contributed by atoms with Crippen LogP contribution in [0.3, 0.4) is 0 Å². The lowest BCUT2D eigenvalue weighted by atomic mass is 10.1. The lowest BCUT2D eigenvalue weighted by Gasteiger charge is -2.35. The van der Waals surface area contributed by atoms with Crippen LogP contribution in [0.1, 0.15) is 11.1 Å². The molecule has 2 aromatic carbocycles. The Morgan fingerprint density at radius 2 is 1.56 bits per heavy atom. The van der Waals surface area contributed by atoms with E-state index >= 15 is 0 Å². The first kappa shape index (κ1) is 17.8. The SMILES string of the molecule is COc1cc(C)c(S(=O)(=O)N2CCN(c3ccccc3)CC2)cc1C. The maximum atomic E-state index is 13.1. The lowest BCUT2D eigenvalue weighted by Crippen LogP contribution is -2.48. The summed E-state index contributed by atoms with van der Waals surface area (Å²) in [6.07, 6.45) is 0. The number of anilines is 1. The fourth-order valence-electron chi connectivity index (χ4n) is 3.23. The molecule has 0 unspecified atom stereocenters. The van der Waals surface area contributed by atoms with Crippen molar-refractivity contribution in [2.75, 3.05) is 38.2 Å². The van der Waals surface area contributed by atoms with Crippen LogP contribution in [0.4, 0.5) is 5.69 Å². The molecule has 0 N–H and O–H groups in total. The number of aryl methyl sites for hydroxylation is 2. The number of sulfonamides is 1. The van der Waals surface area contributed by atoms with Crippen molar-refractivity contribution < 1.29 is 13.2 Å². The molecular formula is C19H24N2O3S. The van der Waals surface area contributed by atoms with Crippen LogP contribution in [-0.4, -0.2) is 46.0 Å². The van der Waals surface area contributed by atoms with Gasteiger partial charge in [-0.2, -0.15) is 4.31 Å². The van der Waals surface area contributed by atoms with Crippen LogP contribution in [-0.2, 0) is 10.0 Å².